The van der Waals surface area contributed by atoms with Gasteiger partial charge in [-0.3, -0.25) is 9.48 Å². The van der Waals surface area contributed by atoms with Gasteiger partial charge in [-0.15, -0.1) is 0 Å². The molecule has 0 bridgehead atoms. The molecular formula is C20H27N5O5. The highest BCUT2D eigenvalue weighted by atomic mass is 16.6. The van der Waals surface area contributed by atoms with Gasteiger partial charge in [0.2, 0.25) is 0 Å². The molecule has 0 unspecified atom stereocenters. The summed E-state index contributed by atoms with van der Waals surface area (Å²) in [4.78, 5) is 30.0. The molecule has 0 radical (unpaired) electrons. The zero-order valence-corrected chi connectivity index (χ0v) is 17.6. The van der Waals surface area contributed by atoms with Gasteiger partial charge in [0.25, 0.3) is 0 Å². The molecule has 1 aliphatic rings. The summed E-state index contributed by atoms with van der Waals surface area (Å²) in [6.45, 7) is 6.79. The van der Waals surface area contributed by atoms with Crippen LogP contribution in [0.2, 0.25) is 0 Å². The fourth-order valence-electron chi connectivity index (χ4n) is 2.88. The van der Waals surface area contributed by atoms with Crippen LogP contribution in [0.15, 0.2) is 30.6 Å². The van der Waals surface area contributed by atoms with Gasteiger partial charge >= 0.3 is 12.1 Å². The number of methoxy groups -OCH3 is 1. The Balaban J connectivity index is 1.65. The first-order valence-corrected chi connectivity index (χ1v) is 9.66. The predicted octanol–water partition coefficient (Wildman–Crippen LogP) is 2.50. The quantitative estimate of drug-likeness (QED) is 0.740. The Morgan fingerprint density at radius 1 is 1.33 bits per heavy atom. The summed E-state index contributed by atoms with van der Waals surface area (Å²) in [7, 11) is 1.33. The second kappa shape index (κ2) is 9.12. The van der Waals surface area contributed by atoms with Gasteiger partial charge in [0.05, 0.1) is 37.8 Å². The molecule has 162 valence electrons. The Bertz CT molecular complexity index is 892. The molecular weight excluding hydrogens is 390 g/mol. The Hall–Kier alpha value is -3.14. The van der Waals surface area contributed by atoms with Crippen molar-refractivity contribution in [3.63, 3.8) is 0 Å². The van der Waals surface area contributed by atoms with Crippen molar-refractivity contribution in [2.45, 2.75) is 39.0 Å². The van der Waals surface area contributed by atoms with Crippen molar-refractivity contribution in [1.29, 1.82) is 0 Å². The third-order valence-corrected chi connectivity index (χ3v) is 4.24. The molecule has 1 atom stereocenters. The molecule has 3 rings (SSSR count). The average molecular weight is 417 g/mol. The zero-order valence-electron chi connectivity index (χ0n) is 17.6. The Labute approximate surface area is 175 Å². The third kappa shape index (κ3) is 5.93. The van der Waals surface area contributed by atoms with Crippen molar-refractivity contribution in [2.75, 3.05) is 32.1 Å². The van der Waals surface area contributed by atoms with Gasteiger partial charge in [-0.2, -0.15) is 5.10 Å². The lowest BCUT2D eigenvalue weighted by Crippen LogP contribution is -2.44. The van der Waals surface area contributed by atoms with Crippen LogP contribution in [0.1, 0.15) is 32.6 Å². The van der Waals surface area contributed by atoms with E-state index in [1.165, 1.54) is 11.8 Å². The van der Waals surface area contributed by atoms with Crippen LogP contribution in [0.5, 0.6) is 0 Å². The van der Waals surface area contributed by atoms with Crippen molar-refractivity contribution in [3.8, 4) is 0 Å². The lowest BCUT2D eigenvalue weighted by Gasteiger charge is -2.34. The number of nitrogens with zero attached hydrogens (tertiary/aromatic N) is 4. The number of ether oxygens (including phenoxy) is 3. The van der Waals surface area contributed by atoms with Crippen LogP contribution < -0.4 is 5.32 Å². The minimum Gasteiger partial charge on any atom is -0.468 e. The molecule has 0 aliphatic carbocycles. The summed E-state index contributed by atoms with van der Waals surface area (Å²) in [5.74, 6) is 0.219. The molecule has 2 aromatic rings. The van der Waals surface area contributed by atoms with Crippen LogP contribution in [0, 0.1) is 0 Å². The highest BCUT2D eigenvalue weighted by Gasteiger charge is 2.29. The fraction of sp³-hybridized carbons (Fsp3) is 0.500. The number of morpholine rings is 1. The number of nitrogens with one attached hydrogen (secondary N) is 1. The van der Waals surface area contributed by atoms with Crippen molar-refractivity contribution in [3.05, 3.63) is 36.3 Å². The number of amides is 1. The van der Waals surface area contributed by atoms with Crippen LogP contribution in [-0.2, 0) is 25.5 Å². The van der Waals surface area contributed by atoms with E-state index in [0.29, 0.717) is 36.9 Å². The van der Waals surface area contributed by atoms with Crippen molar-refractivity contribution >= 4 is 23.6 Å². The topological polar surface area (TPSA) is 108 Å². The Morgan fingerprint density at radius 2 is 2.13 bits per heavy atom. The third-order valence-electron chi connectivity index (χ3n) is 4.24. The number of hydrogen-bond acceptors (Lipinski definition) is 8. The molecule has 2 aromatic heterocycles. The minimum atomic E-state index is -0.550. The number of hydrogen-bond donors (Lipinski definition) is 1. The van der Waals surface area contributed by atoms with Gasteiger partial charge in [0, 0.05) is 12.7 Å². The smallest absolute Gasteiger partial charge is 0.410 e. The molecule has 0 aromatic carbocycles. The van der Waals surface area contributed by atoms with E-state index in [4.69, 9.17) is 9.47 Å². The maximum atomic E-state index is 12.4. The first-order valence-electron chi connectivity index (χ1n) is 9.66. The lowest BCUT2D eigenvalue weighted by molar-refractivity contribution is -0.141. The second-order valence-electron chi connectivity index (χ2n) is 7.86. The van der Waals surface area contributed by atoms with Gasteiger partial charge in [-0.1, -0.05) is 6.07 Å². The number of carbonyl (C=O) groups is 2. The largest absolute Gasteiger partial charge is 0.468 e. The van der Waals surface area contributed by atoms with Crippen LogP contribution in [-0.4, -0.2) is 64.1 Å². The first kappa shape index (κ1) is 21.6. The van der Waals surface area contributed by atoms with Gasteiger partial charge in [0.1, 0.15) is 24.1 Å². The molecule has 0 spiro atoms. The van der Waals surface area contributed by atoms with E-state index >= 15 is 0 Å². The first-order chi connectivity index (χ1) is 14.2. The second-order valence-corrected chi connectivity index (χ2v) is 7.86. The van der Waals surface area contributed by atoms with E-state index in [1.54, 1.807) is 17.3 Å². The van der Waals surface area contributed by atoms with Gasteiger partial charge in [-0.05, 0) is 32.9 Å². The number of esters is 1. The minimum absolute atomic E-state index is 0.0298. The average Bonchev–Trinajstić information content (AvgIpc) is 3.13. The summed E-state index contributed by atoms with van der Waals surface area (Å²) in [5, 5.41) is 7.27. The SMILES string of the molecule is COC(=O)Cn1cc(Nc2cccc([C@H]3CN(C(=O)OC(C)(C)C)CCO3)n2)cn1. The Morgan fingerprint density at radius 3 is 2.87 bits per heavy atom. The normalized spacial score (nSPS) is 16.8. The molecule has 30 heavy (non-hydrogen) atoms. The van der Waals surface area contributed by atoms with Crippen molar-refractivity contribution in [2.24, 2.45) is 0 Å². The highest BCUT2D eigenvalue weighted by Crippen LogP contribution is 2.24. The van der Waals surface area contributed by atoms with E-state index in [0.717, 1.165) is 0 Å². The number of pyridine rings is 1. The van der Waals surface area contributed by atoms with Gasteiger partial charge in [-0.25, -0.2) is 9.78 Å². The summed E-state index contributed by atoms with van der Waals surface area (Å²) in [6, 6.07) is 5.53. The van der Waals surface area contributed by atoms with E-state index < -0.39 is 5.60 Å². The van der Waals surface area contributed by atoms with Gasteiger partial charge < -0.3 is 24.4 Å². The van der Waals surface area contributed by atoms with Crippen LogP contribution in [0.25, 0.3) is 0 Å². The standard InChI is InChI=1S/C20H27N5O5/c1-20(2,3)30-19(27)24-8-9-29-16(12-24)15-6-5-7-17(23-15)22-14-10-21-25(11-14)13-18(26)28-4/h5-7,10-11,16H,8-9,12-13H2,1-4H3,(H,22,23)/t16-/m1/s1. The Kier molecular flexibility index (Phi) is 6.56. The molecule has 1 fully saturated rings. The fourth-order valence-corrected chi connectivity index (χ4v) is 2.88. The molecule has 1 saturated heterocycles. The summed E-state index contributed by atoms with van der Waals surface area (Å²) < 4.78 is 17.4. The monoisotopic (exact) mass is 417 g/mol. The molecule has 10 nitrogen and oxygen atoms in total. The molecule has 10 heteroatoms. The predicted molar refractivity (Wildman–Crippen MR) is 108 cm³/mol. The maximum Gasteiger partial charge on any atom is 0.410 e. The van der Waals surface area contributed by atoms with Gasteiger partial charge in [0.15, 0.2) is 0 Å². The number of carbonyl (C=O) groups excluding carboxylic acids is 2. The maximum absolute atomic E-state index is 12.4. The number of anilines is 2. The molecule has 1 amide bonds. The van der Waals surface area contributed by atoms with Crippen LogP contribution in [0.4, 0.5) is 16.3 Å². The molecule has 3 heterocycles. The molecule has 1 N–H and O–H groups in total. The summed E-state index contributed by atoms with van der Waals surface area (Å²) in [6.07, 6.45) is 2.57. The zero-order chi connectivity index (χ0) is 21.7. The lowest BCUT2D eigenvalue weighted by atomic mass is 10.2. The van der Waals surface area contributed by atoms with E-state index in [2.05, 4.69) is 20.1 Å². The van der Waals surface area contributed by atoms with Crippen LogP contribution in [0.3, 0.4) is 0 Å². The van der Waals surface area contributed by atoms with Crippen molar-refractivity contribution in [1.82, 2.24) is 19.7 Å². The summed E-state index contributed by atoms with van der Waals surface area (Å²) >= 11 is 0. The van der Waals surface area contributed by atoms with E-state index in [9.17, 15) is 9.59 Å². The number of rotatable bonds is 5. The molecule has 1 aliphatic heterocycles. The number of aromatic nitrogens is 3. The van der Waals surface area contributed by atoms with E-state index in [-0.39, 0.29) is 24.7 Å². The summed E-state index contributed by atoms with van der Waals surface area (Å²) in [5.41, 5.74) is 0.837. The van der Waals surface area contributed by atoms with Crippen molar-refractivity contribution < 1.29 is 23.8 Å². The van der Waals surface area contributed by atoms with E-state index in [1.807, 2.05) is 39.0 Å². The molecule has 0 saturated carbocycles. The highest BCUT2D eigenvalue weighted by molar-refractivity contribution is 5.69. The van der Waals surface area contributed by atoms with Crippen LogP contribution >= 0.6 is 0 Å².